The molecule has 0 aromatic heterocycles. The van der Waals surface area contributed by atoms with Gasteiger partial charge in [0.1, 0.15) is 0 Å². The summed E-state index contributed by atoms with van der Waals surface area (Å²) < 4.78 is 4.90. The van der Waals surface area contributed by atoms with Crippen molar-refractivity contribution in [1.29, 1.82) is 0 Å². The summed E-state index contributed by atoms with van der Waals surface area (Å²) >= 11 is 3.22. The third-order valence-electron chi connectivity index (χ3n) is 1.65. The first kappa shape index (κ1) is 14.2. The van der Waals surface area contributed by atoms with Crippen molar-refractivity contribution in [2.75, 3.05) is 18.5 Å². The van der Waals surface area contributed by atoms with Crippen LogP contribution in [0.25, 0.3) is 0 Å². The van der Waals surface area contributed by atoms with Crippen LogP contribution in [-0.4, -0.2) is 35.4 Å². The zero-order chi connectivity index (χ0) is 11.8. The van der Waals surface area contributed by atoms with Gasteiger partial charge >= 0.3 is 6.09 Å². The van der Waals surface area contributed by atoms with Gasteiger partial charge in [0.2, 0.25) is 0 Å². The number of hydrogen-bond donors (Lipinski definition) is 0. The Bertz CT molecular complexity index is 253. The van der Waals surface area contributed by atoms with Gasteiger partial charge in [0.05, 0.1) is 6.61 Å². The first-order valence-corrected chi connectivity index (χ1v) is 5.86. The lowest BCUT2D eigenvalue weighted by Gasteiger charge is -2.18. The van der Waals surface area contributed by atoms with Gasteiger partial charge in [0.15, 0.2) is 0 Å². The Morgan fingerprint density at radius 3 is 2.47 bits per heavy atom. The fourth-order valence-corrected chi connectivity index (χ4v) is 1.11. The summed E-state index contributed by atoms with van der Waals surface area (Å²) in [6.07, 6.45) is 0.122. The van der Waals surface area contributed by atoms with E-state index in [2.05, 4.69) is 22.5 Å². The van der Waals surface area contributed by atoms with E-state index in [0.29, 0.717) is 18.7 Å². The van der Waals surface area contributed by atoms with E-state index in [1.165, 1.54) is 0 Å². The molecule has 0 aliphatic carbocycles. The van der Waals surface area contributed by atoms with Crippen LogP contribution in [0.15, 0.2) is 12.2 Å². The van der Waals surface area contributed by atoms with Crippen molar-refractivity contribution in [2.45, 2.75) is 20.3 Å². The number of ether oxygens (including phenoxy) is 1. The maximum absolute atomic E-state index is 11.5. The summed E-state index contributed by atoms with van der Waals surface area (Å²) in [5.41, 5.74) is 0.328. The highest BCUT2D eigenvalue weighted by Gasteiger charge is 2.20. The summed E-state index contributed by atoms with van der Waals surface area (Å²) in [5, 5.41) is 0.765. The van der Waals surface area contributed by atoms with Crippen molar-refractivity contribution >= 4 is 27.9 Å². The number of nitrogens with zero attached hydrogens (tertiary/aromatic N) is 1. The Morgan fingerprint density at radius 2 is 2.07 bits per heavy atom. The largest absolute Gasteiger partial charge is 0.449 e. The Labute approximate surface area is 98.4 Å². The van der Waals surface area contributed by atoms with E-state index in [9.17, 15) is 9.59 Å². The predicted molar refractivity (Wildman–Crippen MR) is 62.0 cm³/mol. The molecule has 0 unspecified atom stereocenters. The SMILES string of the molecule is C=C(C)C(=O)N(CC)C(=O)OCCCBr. The van der Waals surface area contributed by atoms with Gasteiger partial charge in [-0.2, -0.15) is 0 Å². The summed E-state index contributed by atoms with van der Waals surface area (Å²) in [5.74, 6) is -0.388. The highest BCUT2D eigenvalue weighted by Crippen LogP contribution is 2.02. The van der Waals surface area contributed by atoms with Gasteiger partial charge < -0.3 is 4.74 Å². The number of alkyl halides is 1. The molecule has 5 heteroatoms. The van der Waals surface area contributed by atoms with Gasteiger partial charge in [-0.1, -0.05) is 22.5 Å². The molecule has 0 fully saturated rings. The van der Waals surface area contributed by atoms with Crippen LogP contribution in [0.1, 0.15) is 20.3 Å². The lowest BCUT2D eigenvalue weighted by Crippen LogP contribution is -2.37. The molecule has 0 rings (SSSR count). The Morgan fingerprint density at radius 1 is 1.47 bits per heavy atom. The van der Waals surface area contributed by atoms with E-state index in [1.807, 2.05) is 0 Å². The maximum Gasteiger partial charge on any atom is 0.416 e. The number of amides is 2. The highest BCUT2D eigenvalue weighted by molar-refractivity contribution is 9.09. The monoisotopic (exact) mass is 277 g/mol. The fourth-order valence-electron chi connectivity index (χ4n) is 0.878. The molecule has 0 bridgehead atoms. The van der Waals surface area contributed by atoms with E-state index in [-0.39, 0.29) is 5.91 Å². The molecule has 0 N–H and O–H groups in total. The molecular formula is C10H16BrNO3. The Kier molecular flexibility index (Phi) is 7.03. The summed E-state index contributed by atoms with van der Waals surface area (Å²) in [6.45, 7) is 7.38. The number of carbonyl (C=O) groups excluding carboxylic acids is 2. The van der Waals surface area contributed by atoms with Gasteiger partial charge in [0.25, 0.3) is 5.91 Å². The van der Waals surface area contributed by atoms with E-state index in [1.54, 1.807) is 13.8 Å². The van der Waals surface area contributed by atoms with Crippen molar-refractivity contribution in [1.82, 2.24) is 4.90 Å². The zero-order valence-electron chi connectivity index (χ0n) is 9.09. The van der Waals surface area contributed by atoms with Gasteiger partial charge in [-0.25, -0.2) is 9.69 Å². The van der Waals surface area contributed by atoms with E-state index in [4.69, 9.17) is 4.74 Å². The fraction of sp³-hybridized carbons (Fsp3) is 0.600. The quantitative estimate of drug-likeness (QED) is 0.440. The van der Waals surface area contributed by atoms with E-state index >= 15 is 0 Å². The number of likely N-dealkylation sites (N-methyl/N-ethyl adjacent to an activating group) is 1. The first-order chi connectivity index (χ1) is 7.04. The average molecular weight is 278 g/mol. The van der Waals surface area contributed by atoms with Crippen molar-refractivity contribution in [3.63, 3.8) is 0 Å². The van der Waals surface area contributed by atoms with Gasteiger partial charge in [-0.05, 0) is 20.3 Å². The summed E-state index contributed by atoms with van der Waals surface area (Å²) in [4.78, 5) is 23.9. The van der Waals surface area contributed by atoms with Crippen LogP contribution >= 0.6 is 15.9 Å². The molecule has 4 nitrogen and oxygen atoms in total. The van der Waals surface area contributed by atoms with Crippen LogP contribution in [-0.2, 0) is 9.53 Å². The number of halogens is 1. The molecule has 0 saturated heterocycles. The van der Waals surface area contributed by atoms with Crippen molar-refractivity contribution < 1.29 is 14.3 Å². The van der Waals surface area contributed by atoms with Crippen LogP contribution < -0.4 is 0 Å². The van der Waals surface area contributed by atoms with Crippen LogP contribution in [0.3, 0.4) is 0 Å². The molecular weight excluding hydrogens is 262 g/mol. The zero-order valence-corrected chi connectivity index (χ0v) is 10.7. The van der Waals surface area contributed by atoms with Gasteiger partial charge in [-0.15, -0.1) is 0 Å². The van der Waals surface area contributed by atoms with Crippen molar-refractivity contribution in [3.8, 4) is 0 Å². The van der Waals surface area contributed by atoms with Crippen LogP contribution in [0.4, 0.5) is 4.79 Å². The molecule has 0 radical (unpaired) electrons. The molecule has 0 aliphatic heterocycles. The summed E-state index contributed by atoms with van der Waals surface area (Å²) in [7, 11) is 0. The lowest BCUT2D eigenvalue weighted by molar-refractivity contribution is -0.125. The number of imide groups is 1. The van der Waals surface area contributed by atoms with Gasteiger partial charge in [0, 0.05) is 17.4 Å². The van der Waals surface area contributed by atoms with E-state index in [0.717, 1.165) is 16.7 Å². The van der Waals surface area contributed by atoms with E-state index < -0.39 is 6.09 Å². The smallest absolute Gasteiger partial charge is 0.416 e. The molecule has 15 heavy (non-hydrogen) atoms. The molecule has 0 aromatic carbocycles. The Balaban J connectivity index is 4.22. The van der Waals surface area contributed by atoms with Crippen LogP contribution in [0.5, 0.6) is 0 Å². The minimum atomic E-state index is -0.605. The third kappa shape index (κ3) is 4.97. The maximum atomic E-state index is 11.5. The molecule has 86 valence electrons. The molecule has 0 aliphatic rings. The number of carbonyl (C=O) groups is 2. The highest BCUT2D eigenvalue weighted by atomic mass is 79.9. The second-order valence-electron chi connectivity index (χ2n) is 2.99. The molecule has 0 saturated carbocycles. The first-order valence-electron chi connectivity index (χ1n) is 4.74. The third-order valence-corrected chi connectivity index (χ3v) is 2.21. The molecule has 0 aromatic rings. The van der Waals surface area contributed by atoms with Crippen LogP contribution in [0.2, 0.25) is 0 Å². The van der Waals surface area contributed by atoms with Gasteiger partial charge in [-0.3, -0.25) is 4.79 Å². The Hall–Kier alpha value is -0.840. The number of hydrogen-bond acceptors (Lipinski definition) is 3. The second kappa shape index (κ2) is 7.45. The predicted octanol–water partition coefficient (Wildman–Crippen LogP) is 2.33. The topological polar surface area (TPSA) is 46.6 Å². The van der Waals surface area contributed by atoms with Crippen LogP contribution in [0, 0.1) is 0 Å². The summed E-state index contributed by atoms with van der Waals surface area (Å²) in [6, 6.07) is 0. The minimum absolute atomic E-state index is 0.291. The van der Waals surface area contributed by atoms with Crippen molar-refractivity contribution in [3.05, 3.63) is 12.2 Å². The second-order valence-corrected chi connectivity index (χ2v) is 3.78. The number of rotatable bonds is 5. The normalized spacial score (nSPS) is 9.53. The molecule has 0 atom stereocenters. The molecule has 0 heterocycles. The standard InChI is InChI=1S/C10H16BrNO3/c1-4-12(9(13)8(2)3)10(14)15-7-5-6-11/h2,4-7H2,1,3H3. The molecule has 2 amide bonds. The average Bonchev–Trinajstić information content (AvgIpc) is 2.19. The lowest BCUT2D eigenvalue weighted by atomic mass is 10.3. The van der Waals surface area contributed by atoms with Crippen molar-refractivity contribution in [2.24, 2.45) is 0 Å². The molecule has 0 spiro atoms. The minimum Gasteiger partial charge on any atom is -0.449 e.